The van der Waals surface area contributed by atoms with Crippen LogP contribution in [0.3, 0.4) is 0 Å². The molecule has 5 nitrogen and oxygen atoms in total. The average molecular weight is 361 g/mol. The molecule has 1 aromatic carbocycles. The number of thiazole rings is 1. The number of rotatable bonds is 4. The van der Waals surface area contributed by atoms with Crippen molar-refractivity contribution >= 4 is 26.7 Å². The Hall–Kier alpha value is -1.37. The Morgan fingerprint density at radius 1 is 1.12 bits per heavy atom. The van der Waals surface area contributed by atoms with Crippen LogP contribution in [0.1, 0.15) is 12.8 Å². The third-order valence-electron chi connectivity index (χ3n) is 5.58. The van der Waals surface area contributed by atoms with Gasteiger partial charge in [0, 0.05) is 45.8 Å². The van der Waals surface area contributed by atoms with Crippen LogP contribution in [0.15, 0.2) is 18.2 Å². The first-order chi connectivity index (χ1) is 12.2. The summed E-state index contributed by atoms with van der Waals surface area (Å²) in [5.41, 5.74) is 1.08. The standard InChI is InChI=1S/C19H28N4OS/c1-21-9-11-22(12-10-21)14-15-5-7-23(8-6-15)19-20-17-4-3-16(24-2)13-18(17)25-19/h3-4,13,15H,5-12,14H2,1-2H3. The fraction of sp³-hybridized carbons (Fsp3) is 0.632. The first-order valence-electron chi connectivity index (χ1n) is 9.32. The van der Waals surface area contributed by atoms with E-state index in [4.69, 9.17) is 9.72 Å². The summed E-state index contributed by atoms with van der Waals surface area (Å²) in [6, 6.07) is 6.15. The van der Waals surface area contributed by atoms with E-state index >= 15 is 0 Å². The minimum Gasteiger partial charge on any atom is -0.497 e. The van der Waals surface area contributed by atoms with Crippen LogP contribution in [0.2, 0.25) is 0 Å². The number of methoxy groups -OCH3 is 1. The molecule has 0 unspecified atom stereocenters. The summed E-state index contributed by atoms with van der Waals surface area (Å²) in [7, 11) is 3.94. The topological polar surface area (TPSA) is 31.8 Å². The van der Waals surface area contributed by atoms with Gasteiger partial charge in [-0.15, -0.1) is 0 Å². The average Bonchev–Trinajstić information content (AvgIpc) is 3.07. The van der Waals surface area contributed by atoms with Crippen LogP contribution >= 0.6 is 11.3 Å². The van der Waals surface area contributed by atoms with Crippen molar-refractivity contribution in [3.05, 3.63) is 18.2 Å². The summed E-state index contributed by atoms with van der Waals surface area (Å²) in [4.78, 5) is 12.4. The minimum atomic E-state index is 0.842. The molecule has 2 saturated heterocycles. The van der Waals surface area contributed by atoms with E-state index in [1.54, 1.807) is 18.4 Å². The van der Waals surface area contributed by atoms with Crippen molar-refractivity contribution in [2.45, 2.75) is 12.8 Å². The van der Waals surface area contributed by atoms with Crippen molar-refractivity contribution in [3.8, 4) is 5.75 Å². The summed E-state index contributed by atoms with van der Waals surface area (Å²) < 4.78 is 6.54. The largest absolute Gasteiger partial charge is 0.497 e. The van der Waals surface area contributed by atoms with Crippen LogP contribution in [-0.4, -0.2) is 74.8 Å². The van der Waals surface area contributed by atoms with Gasteiger partial charge in [0.15, 0.2) is 5.13 Å². The Labute approximate surface area is 154 Å². The first kappa shape index (κ1) is 17.1. The van der Waals surface area contributed by atoms with E-state index in [-0.39, 0.29) is 0 Å². The smallest absolute Gasteiger partial charge is 0.186 e. The van der Waals surface area contributed by atoms with Crippen molar-refractivity contribution in [1.82, 2.24) is 14.8 Å². The van der Waals surface area contributed by atoms with Gasteiger partial charge in [-0.3, -0.25) is 0 Å². The molecule has 0 aliphatic carbocycles. The molecule has 2 aliphatic heterocycles. The number of nitrogens with zero attached hydrogens (tertiary/aromatic N) is 4. The highest BCUT2D eigenvalue weighted by molar-refractivity contribution is 7.22. The molecule has 0 radical (unpaired) electrons. The Bertz CT molecular complexity index is 703. The molecular weight excluding hydrogens is 332 g/mol. The van der Waals surface area contributed by atoms with Gasteiger partial charge in [0.05, 0.1) is 17.3 Å². The molecule has 25 heavy (non-hydrogen) atoms. The van der Waals surface area contributed by atoms with Crippen LogP contribution < -0.4 is 9.64 Å². The minimum absolute atomic E-state index is 0.842. The fourth-order valence-electron chi connectivity index (χ4n) is 3.86. The molecule has 136 valence electrons. The van der Waals surface area contributed by atoms with Gasteiger partial charge in [-0.2, -0.15) is 0 Å². The lowest BCUT2D eigenvalue weighted by molar-refractivity contribution is 0.129. The number of piperidine rings is 1. The zero-order valence-electron chi connectivity index (χ0n) is 15.3. The van der Waals surface area contributed by atoms with Gasteiger partial charge >= 0.3 is 0 Å². The van der Waals surface area contributed by atoms with Gasteiger partial charge in [-0.1, -0.05) is 11.3 Å². The molecule has 4 rings (SSSR count). The highest BCUT2D eigenvalue weighted by Crippen LogP contribution is 2.33. The number of aromatic nitrogens is 1. The van der Waals surface area contributed by atoms with Gasteiger partial charge < -0.3 is 19.4 Å². The van der Waals surface area contributed by atoms with Gasteiger partial charge in [0.25, 0.3) is 0 Å². The molecule has 6 heteroatoms. The van der Waals surface area contributed by atoms with E-state index in [2.05, 4.69) is 33.9 Å². The molecule has 0 bridgehead atoms. The summed E-state index contributed by atoms with van der Waals surface area (Å²) in [5.74, 6) is 1.75. The lowest BCUT2D eigenvalue weighted by atomic mass is 9.96. The van der Waals surface area contributed by atoms with Crippen LogP contribution in [0.25, 0.3) is 10.2 Å². The van der Waals surface area contributed by atoms with E-state index in [9.17, 15) is 0 Å². The van der Waals surface area contributed by atoms with Crippen molar-refractivity contribution in [2.75, 3.05) is 64.9 Å². The van der Waals surface area contributed by atoms with Gasteiger partial charge in [-0.25, -0.2) is 4.98 Å². The molecule has 3 heterocycles. The maximum absolute atomic E-state index is 5.33. The van der Waals surface area contributed by atoms with Crippen molar-refractivity contribution < 1.29 is 4.74 Å². The Morgan fingerprint density at radius 3 is 2.60 bits per heavy atom. The van der Waals surface area contributed by atoms with E-state index in [0.29, 0.717) is 0 Å². The molecule has 0 spiro atoms. The van der Waals surface area contributed by atoms with E-state index in [1.165, 1.54) is 55.4 Å². The van der Waals surface area contributed by atoms with Gasteiger partial charge in [-0.05, 0) is 44.0 Å². The maximum atomic E-state index is 5.33. The molecule has 2 aromatic rings. The zero-order valence-corrected chi connectivity index (χ0v) is 16.1. The third kappa shape index (κ3) is 3.91. The van der Waals surface area contributed by atoms with Crippen LogP contribution in [0.5, 0.6) is 5.75 Å². The Morgan fingerprint density at radius 2 is 1.88 bits per heavy atom. The Kier molecular flexibility index (Phi) is 5.10. The first-order valence-corrected chi connectivity index (χ1v) is 10.1. The summed E-state index contributed by atoms with van der Waals surface area (Å²) in [5, 5.41) is 1.17. The van der Waals surface area contributed by atoms with Crippen LogP contribution in [0.4, 0.5) is 5.13 Å². The molecule has 0 N–H and O–H groups in total. The molecule has 2 fully saturated rings. The number of hydrogen-bond donors (Lipinski definition) is 0. The second kappa shape index (κ2) is 7.48. The quantitative estimate of drug-likeness (QED) is 0.837. The van der Waals surface area contributed by atoms with E-state index < -0.39 is 0 Å². The fourth-order valence-corrected chi connectivity index (χ4v) is 4.90. The van der Waals surface area contributed by atoms with Crippen molar-refractivity contribution in [3.63, 3.8) is 0 Å². The number of anilines is 1. The molecular formula is C19H28N4OS. The highest BCUT2D eigenvalue weighted by atomic mass is 32.1. The molecule has 0 atom stereocenters. The summed E-state index contributed by atoms with van der Waals surface area (Å²) >= 11 is 1.79. The third-order valence-corrected chi connectivity index (χ3v) is 6.66. The second-order valence-electron chi connectivity index (χ2n) is 7.36. The SMILES string of the molecule is COc1ccc2nc(N3CCC(CN4CCN(C)CC4)CC3)sc2c1. The lowest BCUT2D eigenvalue weighted by Gasteiger charge is -2.37. The van der Waals surface area contributed by atoms with Crippen molar-refractivity contribution in [1.29, 1.82) is 0 Å². The van der Waals surface area contributed by atoms with E-state index in [1.807, 2.05) is 6.07 Å². The van der Waals surface area contributed by atoms with Crippen LogP contribution in [0, 0.1) is 5.92 Å². The monoisotopic (exact) mass is 360 g/mol. The highest BCUT2D eigenvalue weighted by Gasteiger charge is 2.24. The normalized spacial score (nSPS) is 21.1. The molecule has 1 aromatic heterocycles. The predicted octanol–water partition coefficient (Wildman–Crippen LogP) is 2.77. The number of likely N-dealkylation sites (N-methyl/N-ethyl adjacent to an activating group) is 1. The molecule has 0 amide bonds. The molecule has 0 saturated carbocycles. The predicted molar refractivity (Wildman–Crippen MR) is 105 cm³/mol. The van der Waals surface area contributed by atoms with Crippen molar-refractivity contribution in [2.24, 2.45) is 5.92 Å². The summed E-state index contributed by atoms with van der Waals surface area (Å²) in [6.45, 7) is 8.44. The van der Waals surface area contributed by atoms with Gasteiger partial charge in [0.1, 0.15) is 5.75 Å². The van der Waals surface area contributed by atoms with Crippen LogP contribution in [-0.2, 0) is 0 Å². The number of fused-ring (bicyclic) bond motifs is 1. The lowest BCUT2D eigenvalue weighted by Crippen LogP contribution is -2.47. The number of benzene rings is 1. The Balaban J connectivity index is 1.34. The second-order valence-corrected chi connectivity index (χ2v) is 8.37. The summed E-state index contributed by atoms with van der Waals surface area (Å²) in [6.07, 6.45) is 2.57. The number of ether oxygens (including phenoxy) is 1. The number of hydrogen-bond acceptors (Lipinski definition) is 6. The van der Waals surface area contributed by atoms with Gasteiger partial charge in [0.2, 0.25) is 0 Å². The molecule has 2 aliphatic rings. The zero-order chi connectivity index (χ0) is 17.2. The van der Waals surface area contributed by atoms with E-state index in [0.717, 1.165) is 30.3 Å². The number of piperazine rings is 1. The maximum Gasteiger partial charge on any atom is 0.186 e.